The minimum atomic E-state index is -3.69. The Hall–Kier alpha value is -2.85. The van der Waals surface area contributed by atoms with E-state index >= 15 is 0 Å². The SMILES string of the molecule is CO[C@@H]1[C@@H]2O[P@@](=O)(Cl)OC[C@H]2O[C@H]1n1cnc2c(N(Cc3ccccc3)Cc3ccccc3)ncnc21. The summed E-state index contributed by atoms with van der Waals surface area (Å²) in [5.74, 6) is 0.700. The predicted octanol–water partition coefficient (Wildman–Crippen LogP) is 4.71. The van der Waals surface area contributed by atoms with E-state index in [-0.39, 0.29) is 6.61 Å². The Morgan fingerprint density at radius 1 is 1.05 bits per heavy atom. The Bertz CT molecular complexity index is 1380. The van der Waals surface area contributed by atoms with Crippen LogP contribution in [0.2, 0.25) is 0 Å². The van der Waals surface area contributed by atoms with Crippen molar-refractivity contribution in [1.82, 2.24) is 19.5 Å². The quantitative estimate of drug-likeness (QED) is 0.308. The number of ether oxygens (including phenoxy) is 2. The molecule has 2 saturated heterocycles. The first-order valence-corrected chi connectivity index (χ1v) is 14.3. The molecule has 0 aliphatic carbocycles. The molecule has 0 radical (unpaired) electrons. The number of rotatable bonds is 7. The Kier molecular flexibility index (Phi) is 6.71. The zero-order chi connectivity index (χ0) is 25.4. The lowest BCUT2D eigenvalue weighted by atomic mass is 10.1. The van der Waals surface area contributed by atoms with Crippen LogP contribution < -0.4 is 4.90 Å². The maximum atomic E-state index is 12.2. The van der Waals surface area contributed by atoms with Gasteiger partial charge < -0.3 is 14.4 Å². The van der Waals surface area contributed by atoms with Crippen LogP contribution in [0.15, 0.2) is 73.3 Å². The van der Waals surface area contributed by atoms with Crippen molar-refractivity contribution in [1.29, 1.82) is 0 Å². The highest BCUT2D eigenvalue weighted by molar-refractivity contribution is 7.81. The van der Waals surface area contributed by atoms with Crippen molar-refractivity contribution in [3.8, 4) is 0 Å². The van der Waals surface area contributed by atoms with Gasteiger partial charge in [-0.15, -0.1) is 0 Å². The largest absolute Gasteiger partial charge is 0.424 e. The number of fused-ring (bicyclic) bond motifs is 2. The summed E-state index contributed by atoms with van der Waals surface area (Å²) in [5.41, 5.74) is 3.50. The highest BCUT2D eigenvalue weighted by Gasteiger charge is 2.53. The molecule has 2 aliphatic rings. The van der Waals surface area contributed by atoms with Gasteiger partial charge >= 0.3 is 6.95 Å². The molecule has 0 saturated carbocycles. The van der Waals surface area contributed by atoms with Crippen LogP contribution in [0, 0.1) is 0 Å². The van der Waals surface area contributed by atoms with E-state index < -0.39 is 31.5 Å². The monoisotopic (exact) mass is 541 g/mol. The van der Waals surface area contributed by atoms with Gasteiger partial charge in [0, 0.05) is 31.4 Å². The number of imidazole rings is 1. The fraction of sp³-hybridized carbons (Fsp3) is 0.320. The number of nitrogens with zero attached hydrogens (tertiary/aromatic N) is 5. The molecule has 2 fully saturated rings. The summed E-state index contributed by atoms with van der Waals surface area (Å²) in [6, 6.07) is 20.4. The molecular formula is C25H25ClN5O5P. The number of hydrogen-bond acceptors (Lipinski definition) is 9. The molecule has 4 heterocycles. The molecule has 0 bridgehead atoms. The second-order valence-electron chi connectivity index (χ2n) is 8.91. The van der Waals surface area contributed by atoms with Gasteiger partial charge in [-0.1, -0.05) is 60.7 Å². The highest BCUT2D eigenvalue weighted by Crippen LogP contribution is 2.60. The summed E-state index contributed by atoms with van der Waals surface area (Å²) in [6.45, 7) is -2.38. The maximum absolute atomic E-state index is 12.2. The molecule has 37 heavy (non-hydrogen) atoms. The van der Waals surface area contributed by atoms with Crippen LogP contribution in [0.1, 0.15) is 17.4 Å². The molecule has 5 atom stereocenters. The summed E-state index contributed by atoms with van der Waals surface area (Å²) in [4.78, 5) is 16.0. The Balaban J connectivity index is 1.37. The third-order valence-corrected chi connectivity index (χ3v) is 8.03. The first-order valence-electron chi connectivity index (χ1n) is 11.8. The van der Waals surface area contributed by atoms with Crippen molar-refractivity contribution in [3.63, 3.8) is 0 Å². The van der Waals surface area contributed by atoms with Gasteiger partial charge in [-0.05, 0) is 11.1 Å². The second kappa shape index (κ2) is 10.1. The van der Waals surface area contributed by atoms with Crippen LogP contribution in [-0.4, -0.2) is 51.5 Å². The van der Waals surface area contributed by atoms with Crippen LogP contribution in [0.5, 0.6) is 0 Å². The summed E-state index contributed by atoms with van der Waals surface area (Å²) in [6.07, 6.45) is 0.793. The van der Waals surface area contributed by atoms with Crippen molar-refractivity contribution in [2.24, 2.45) is 0 Å². The van der Waals surface area contributed by atoms with Gasteiger partial charge in [0.2, 0.25) is 0 Å². The second-order valence-corrected chi connectivity index (χ2v) is 11.5. The molecular weight excluding hydrogens is 517 g/mol. The van der Waals surface area contributed by atoms with Gasteiger partial charge in [0.05, 0.1) is 12.9 Å². The predicted molar refractivity (Wildman–Crippen MR) is 137 cm³/mol. The lowest BCUT2D eigenvalue weighted by molar-refractivity contribution is -0.0590. The fourth-order valence-electron chi connectivity index (χ4n) is 4.85. The number of anilines is 1. The van der Waals surface area contributed by atoms with Crippen LogP contribution in [0.4, 0.5) is 5.82 Å². The van der Waals surface area contributed by atoms with Crippen molar-refractivity contribution in [2.75, 3.05) is 18.6 Å². The Labute approximate surface area is 218 Å². The first kappa shape index (κ1) is 24.5. The third-order valence-electron chi connectivity index (χ3n) is 6.54. The van der Waals surface area contributed by atoms with E-state index in [9.17, 15) is 4.57 Å². The van der Waals surface area contributed by atoms with Gasteiger partial charge in [-0.3, -0.25) is 13.6 Å². The van der Waals surface area contributed by atoms with Gasteiger partial charge in [-0.2, -0.15) is 0 Å². The normalized spacial score (nSPS) is 27.3. The molecule has 4 aromatic rings. The Morgan fingerprint density at radius 2 is 1.73 bits per heavy atom. The van der Waals surface area contributed by atoms with E-state index in [0.29, 0.717) is 30.1 Å². The molecule has 12 heteroatoms. The highest BCUT2D eigenvalue weighted by atomic mass is 35.7. The van der Waals surface area contributed by atoms with Gasteiger partial charge in [-0.25, -0.2) is 19.5 Å². The average Bonchev–Trinajstić information content (AvgIpc) is 3.49. The zero-order valence-corrected chi connectivity index (χ0v) is 21.6. The number of benzene rings is 2. The van der Waals surface area contributed by atoms with Gasteiger partial charge in [0.25, 0.3) is 0 Å². The summed E-state index contributed by atoms with van der Waals surface area (Å²) in [5, 5.41) is 0. The van der Waals surface area contributed by atoms with E-state index in [4.69, 9.17) is 29.8 Å². The van der Waals surface area contributed by atoms with Crippen molar-refractivity contribution in [2.45, 2.75) is 37.6 Å². The van der Waals surface area contributed by atoms with Crippen LogP contribution in [0.3, 0.4) is 0 Å². The smallest absolute Gasteiger partial charge is 0.374 e. The molecule has 10 nitrogen and oxygen atoms in total. The number of halogens is 1. The van der Waals surface area contributed by atoms with E-state index in [2.05, 4.69) is 44.1 Å². The van der Waals surface area contributed by atoms with Gasteiger partial charge in [0.15, 0.2) is 23.2 Å². The van der Waals surface area contributed by atoms with E-state index in [1.54, 1.807) is 18.0 Å². The minimum absolute atomic E-state index is 0.0383. The number of aromatic nitrogens is 4. The van der Waals surface area contributed by atoms with Gasteiger partial charge in [0.1, 0.15) is 24.6 Å². The molecule has 2 aliphatic heterocycles. The van der Waals surface area contributed by atoms with Crippen molar-refractivity contribution >= 4 is 35.2 Å². The van der Waals surface area contributed by atoms with Crippen molar-refractivity contribution in [3.05, 3.63) is 84.4 Å². The lowest BCUT2D eigenvalue weighted by Gasteiger charge is -2.29. The third kappa shape index (κ3) is 4.88. The standard InChI is InChI=1S/C25H25ClN5O5P/c1-33-22-21-19(14-34-37(26,32)36-21)35-25(22)31-16-29-20-23(27-15-28-24(20)31)30(12-17-8-4-2-5-9-17)13-18-10-6-3-7-11-18/h2-11,15-16,19,21-22,25H,12-14H2,1H3/t19-,21-,22-,25-,37-/m1/s1. The lowest BCUT2D eigenvalue weighted by Crippen LogP contribution is -2.39. The molecule has 2 aromatic carbocycles. The fourth-order valence-corrected chi connectivity index (χ4v) is 6.23. The minimum Gasteiger partial charge on any atom is -0.374 e. The zero-order valence-electron chi connectivity index (χ0n) is 20.0. The molecule has 2 aromatic heterocycles. The number of methoxy groups -OCH3 is 1. The molecule has 0 unspecified atom stereocenters. The first-order chi connectivity index (χ1) is 18.0. The van der Waals surface area contributed by atoms with E-state index in [0.717, 1.165) is 11.1 Å². The molecule has 6 rings (SSSR count). The van der Waals surface area contributed by atoms with Crippen LogP contribution in [-0.2, 0) is 36.2 Å². The molecule has 0 amide bonds. The van der Waals surface area contributed by atoms with Crippen molar-refractivity contribution < 1.29 is 23.1 Å². The van der Waals surface area contributed by atoms with Crippen LogP contribution in [0.25, 0.3) is 11.2 Å². The molecule has 0 spiro atoms. The summed E-state index contributed by atoms with van der Waals surface area (Å²) in [7, 11) is 1.54. The summed E-state index contributed by atoms with van der Waals surface area (Å²) < 4.78 is 36.6. The molecule has 192 valence electrons. The van der Waals surface area contributed by atoms with E-state index in [1.807, 2.05) is 36.4 Å². The average molecular weight is 542 g/mol. The van der Waals surface area contributed by atoms with E-state index in [1.165, 1.54) is 6.33 Å². The Morgan fingerprint density at radius 3 is 2.38 bits per heavy atom. The maximum Gasteiger partial charge on any atom is 0.424 e. The van der Waals surface area contributed by atoms with Crippen LogP contribution >= 0.6 is 18.2 Å². The topological polar surface area (TPSA) is 101 Å². The summed E-state index contributed by atoms with van der Waals surface area (Å²) >= 11 is 5.87. The number of hydrogen-bond donors (Lipinski definition) is 0. The molecule has 0 N–H and O–H groups in total.